The van der Waals surface area contributed by atoms with Gasteiger partial charge in [-0.3, -0.25) is 4.79 Å². The van der Waals surface area contributed by atoms with E-state index in [1.807, 2.05) is 19.1 Å². The maximum Gasteiger partial charge on any atom is 0.260 e. The largest absolute Gasteiger partial charge is 0.481 e. The number of nitrogens with one attached hydrogen (secondary N) is 1. The summed E-state index contributed by atoms with van der Waals surface area (Å²) in [4.78, 5) is 14.9. The summed E-state index contributed by atoms with van der Waals surface area (Å²) in [5, 5.41) is 3.15. The Balaban J connectivity index is 1.80. The van der Waals surface area contributed by atoms with Crippen LogP contribution in [0.4, 0.5) is 0 Å². The molecule has 0 saturated carbocycles. The van der Waals surface area contributed by atoms with Gasteiger partial charge in [0, 0.05) is 19.1 Å². The van der Waals surface area contributed by atoms with E-state index in [1.54, 1.807) is 0 Å². The van der Waals surface area contributed by atoms with E-state index in [2.05, 4.69) is 50.0 Å². The molecule has 1 aliphatic heterocycles. The Morgan fingerprint density at radius 1 is 1.24 bits per heavy atom. The summed E-state index contributed by atoms with van der Waals surface area (Å²) < 4.78 is 5.82. The summed E-state index contributed by atoms with van der Waals surface area (Å²) in [6.07, 6.45) is 2.77. The molecule has 1 unspecified atom stereocenters. The van der Waals surface area contributed by atoms with Crippen molar-refractivity contribution in [2.24, 2.45) is 0 Å². The molecule has 4 nitrogen and oxygen atoms in total. The topological polar surface area (TPSA) is 41.6 Å². The first-order valence-electron chi connectivity index (χ1n) is 9.59. The molecule has 0 bridgehead atoms. The number of piperidine rings is 1. The highest BCUT2D eigenvalue weighted by Crippen LogP contribution is 2.24. The standard InChI is InChI=1S/C21H34N2O2/c1-6-13-23-14-11-18(12-15-23)22-20(24)16(2)25-19-9-7-17(8-10-19)21(3,4)5/h7-10,16,18H,6,11-15H2,1-5H3,(H,22,24). The van der Waals surface area contributed by atoms with Gasteiger partial charge < -0.3 is 15.0 Å². The molecule has 1 aliphatic rings. The molecule has 4 heteroatoms. The van der Waals surface area contributed by atoms with Gasteiger partial charge in [-0.05, 0) is 55.8 Å². The number of ether oxygens (including phenoxy) is 1. The van der Waals surface area contributed by atoms with Gasteiger partial charge in [-0.25, -0.2) is 0 Å². The second kappa shape index (κ2) is 8.70. The van der Waals surface area contributed by atoms with Crippen molar-refractivity contribution < 1.29 is 9.53 Å². The number of benzene rings is 1. The highest BCUT2D eigenvalue weighted by atomic mass is 16.5. The maximum absolute atomic E-state index is 12.4. The van der Waals surface area contributed by atoms with Gasteiger partial charge in [-0.1, -0.05) is 39.8 Å². The van der Waals surface area contributed by atoms with Crippen LogP contribution in [0, 0.1) is 0 Å². The monoisotopic (exact) mass is 346 g/mol. The van der Waals surface area contributed by atoms with Crippen molar-refractivity contribution in [2.75, 3.05) is 19.6 Å². The van der Waals surface area contributed by atoms with Gasteiger partial charge in [0.1, 0.15) is 5.75 Å². The molecule has 0 radical (unpaired) electrons. The molecule has 1 heterocycles. The molecule has 1 N–H and O–H groups in total. The molecular formula is C21H34N2O2. The zero-order valence-corrected chi connectivity index (χ0v) is 16.5. The Morgan fingerprint density at radius 3 is 2.36 bits per heavy atom. The first kappa shape index (κ1) is 19.8. The predicted molar refractivity (Wildman–Crippen MR) is 103 cm³/mol. The van der Waals surface area contributed by atoms with Crippen molar-refractivity contribution in [3.63, 3.8) is 0 Å². The second-order valence-electron chi connectivity index (χ2n) is 8.16. The minimum atomic E-state index is -0.478. The molecule has 0 aliphatic carbocycles. The lowest BCUT2D eigenvalue weighted by Gasteiger charge is -2.32. The summed E-state index contributed by atoms with van der Waals surface area (Å²) >= 11 is 0. The third-order valence-electron chi connectivity index (χ3n) is 4.88. The molecule has 1 amide bonds. The molecule has 0 aromatic heterocycles. The summed E-state index contributed by atoms with van der Waals surface area (Å²) in [6.45, 7) is 13.9. The average molecular weight is 347 g/mol. The minimum Gasteiger partial charge on any atom is -0.481 e. The van der Waals surface area contributed by atoms with Crippen molar-refractivity contribution in [3.05, 3.63) is 29.8 Å². The van der Waals surface area contributed by atoms with E-state index in [9.17, 15) is 4.79 Å². The first-order valence-corrected chi connectivity index (χ1v) is 9.59. The van der Waals surface area contributed by atoms with Crippen LogP contribution < -0.4 is 10.1 Å². The lowest BCUT2D eigenvalue weighted by molar-refractivity contribution is -0.128. The molecule has 25 heavy (non-hydrogen) atoms. The fourth-order valence-corrected chi connectivity index (χ4v) is 3.23. The molecular weight excluding hydrogens is 312 g/mol. The van der Waals surface area contributed by atoms with E-state index in [-0.39, 0.29) is 17.4 Å². The van der Waals surface area contributed by atoms with E-state index in [4.69, 9.17) is 4.74 Å². The van der Waals surface area contributed by atoms with Crippen LogP contribution in [0.5, 0.6) is 5.75 Å². The number of likely N-dealkylation sites (tertiary alicyclic amines) is 1. The fraction of sp³-hybridized carbons (Fsp3) is 0.667. The quantitative estimate of drug-likeness (QED) is 0.853. The first-order chi connectivity index (χ1) is 11.8. The number of amides is 1. The van der Waals surface area contributed by atoms with Gasteiger partial charge in [0.15, 0.2) is 6.10 Å². The molecule has 1 saturated heterocycles. The Kier molecular flexibility index (Phi) is 6.88. The number of hydrogen-bond acceptors (Lipinski definition) is 3. The number of carbonyl (C=O) groups excluding carboxylic acids is 1. The van der Waals surface area contributed by atoms with Crippen LogP contribution in [-0.4, -0.2) is 42.6 Å². The molecule has 1 aromatic carbocycles. The lowest BCUT2D eigenvalue weighted by atomic mass is 9.87. The van der Waals surface area contributed by atoms with Crippen molar-refractivity contribution >= 4 is 5.91 Å². The highest BCUT2D eigenvalue weighted by molar-refractivity contribution is 5.81. The zero-order valence-electron chi connectivity index (χ0n) is 16.5. The van der Waals surface area contributed by atoms with E-state index in [0.717, 1.165) is 38.2 Å². The van der Waals surface area contributed by atoms with Crippen molar-refractivity contribution in [2.45, 2.75) is 71.4 Å². The summed E-state index contributed by atoms with van der Waals surface area (Å²) in [5.41, 5.74) is 1.38. The van der Waals surface area contributed by atoms with Gasteiger partial charge in [0.05, 0.1) is 0 Å². The van der Waals surface area contributed by atoms with Crippen LogP contribution in [0.2, 0.25) is 0 Å². The molecule has 1 aromatic rings. The SMILES string of the molecule is CCCN1CCC(NC(=O)C(C)Oc2ccc(C(C)(C)C)cc2)CC1. The molecule has 0 spiro atoms. The van der Waals surface area contributed by atoms with Gasteiger partial charge >= 0.3 is 0 Å². The van der Waals surface area contributed by atoms with E-state index < -0.39 is 6.10 Å². The summed E-state index contributed by atoms with van der Waals surface area (Å²) in [5.74, 6) is 0.724. The molecule has 140 valence electrons. The molecule has 1 fully saturated rings. The Labute approximate surface area is 152 Å². The Hall–Kier alpha value is -1.55. The maximum atomic E-state index is 12.4. The lowest BCUT2D eigenvalue weighted by Crippen LogP contribution is -2.48. The van der Waals surface area contributed by atoms with Gasteiger partial charge in [0.25, 0.3) is 5.91 Å². The van der Waals surface area contributed by atoms with Crippen molar-refractivity contribution in [1.29, 1.82) is 0 Å². The van der Waals surface area contributed by atoms with E-state index >= 15 is 0 Å². The Morgan fingerprint density at radius 2 is 1.84 bits per heavy atom. The van der Waals surface area contributed by atoms with Gasteiger partial charge in [-0.2, -0.15) is 0 Å². The van der Waals surface area contributed by atoms with Gasteiger partial charge in [-0.15, -0.1) is 0 Å². The number of nitrogens with zero attached hydrogens (tertiary/aromatic N) is 1. The van der Waals surface area contributed by atoms with Crippen molar-refractivity contribution in [1.82, 2.24) is 10.2 Å². The van der Waals surface area contributed by atoms with Crippen LogP contribution in [0.25, 0.3) is 0 Å². The van der Waals surface area contributed by atoms with Gasteiger partial charge in [0.2, 0.25) is 0 Å². The van der Waals surface area contributed by atoms with Crippen LogP contribution in [0.1, 0.15) is 59.4 Å². The summed E-state index contributed by atoms with van der Waals surface area (Å²) in [7, 11) is 0. The van der Waals surface area contributed by atoms with Crippen molar-refractivity contribution in [3.8, 4) is 5.75 Å². The third-order valence-corrected chi connectivity index (χ3v) is 4.88. The number of hydrogen-bond donors (Lipinski definition) is 1. The second-order valence-corrected chi connectivity index (χ2v) is 8.16. The normalized spacial score (nSPS) is 18.0. The highest BCUT2D eigenvalue weighted by Gasteiger charge is 2.23. The molecule has 1 atom stereocenters. The predicted octanol–water partition coefficient (Wildman–Crippen LogP) is 3.74. The van der Waals surface area contributed by atoms with E-state index in [1.165, 1.54) is 12.0 Å². The van der Waals surface area contributed by atoms with E-state index in [0.29, 0.717) is 0 Å². The molecule has 2 rings (SSSR count). The minimum absolute atomic E-state index is 0.0196. The average Bonchev–Trinajstić information content (AvgIpc) is 2.56. The smallest absolute Gasteiger partial charge is 0.260 e. The number of carbonyl (C=O) groups is 1. The van der Waals surface area contributed by atoms with Crippen LogP contribution >= 0.6 is 0 Å². The van der Waals surface area contributed by atoms with Crippen LogP contribution in [0.3, 0.4) is 0 Å². The summed E-state index contributed by atoms with van der Waals surface area (Å²) in [6, 6.07) is 8.32. The van der Waals surface area contributed by atoms with Crippen LogP contribution in [-0.2, 0) is 10.2 Å². The fourth-order valence-electron chi connectivity index (χ4n) is 3.23. The zero-order chi connectivity index (χ0) is 18.4. The Bertz CT molecular complexity index is 540. The third kappa shape index (κ3) is 6.03. The number of rotatable bonds is 6. The van der Waals surface area contributed by atoms with Crippen LogP contribution in [0.15, 0.2) is 24.3 Å².